The zero-order valence-corrected chi connectivity index (χ0v) is 15.5. The summed E-state index contributed by atoms with van der Waals surface area (Å²) in [6.45, 7) is 3.34. The topological polar surface area (TPSA) is 98.5 Å². The number of fused-ring (bicyclic) bond motifs is 1. The summed E-state index contributed by atoms with van der Waals surface area (Å²) in [5, 5.41) is 14.2. The molecule has 2 aromatic carbocycles. The van der Waals surface area contributed by atoms with Crippen molar-refractivity contribution in [3.8, 4) is 0 Å². The number of aryl methyl sites for hydroxylation is 2. The van der Waals surface area contributed by atoms with E-state index in [1.807, 2.05) is 32.0 Å². The van der Waals surface area contributed by atoms with Crippen LogP contribution in [0.25, 0.3) is 10.1 Å². The first-order valence-electron chi connectivity index (χ1n) is 8.06. The second-order valence-corrected chi connectivity index (χ2v) is 7.06. The number of nitrogens with one attached hydrogen (secondary N) is 1. The van der Waals surface area contributed by atoms with Crippen LogP contribution in [-0.2, 0) is 9.53 Å². The van der Waals surface area contributed by atoms with Crippen LogP contribution in [0.15, 0.2) is 42.5 Å². The summed E-state index contributed by atoms with van der Waals surface area (Å²) in [5.74, 6) is -1.08. The van der Waals surface area contributed by atoms with Crippen LogP contribution in [0.4, 0.5) is 11.4 Å². The number of nitro groups is 1. The Labute approximate surface area is 158 Å². The maximum Gasteiger partial charge on any atom is 0.348 e. The van der Waals surface area contributed by atoms with E-state index in [2.05, 4.69) is 5.32 Å². The molecular formula is C19H16N2O5S. The van der Waals surface area contributed by atoms with E-state index >= 15 is 0 Å². The lowest BCUT2D eigenvalue weighted by Crippen LogP contribution is -2.21. The number of non-ortho nitro benzene ring substituents is 1. The second-order valence-electron chi connectivity index (χ2n) is 5.98. The predicted molar refractivity (Wildman–Crippen MR) is 103 cm³/mol. The molecule has 0 radical (unpaired) electrons. The summed E-state index contributed by atoms with van der Waals surface area (Å²) in [5.41, 5.74) is 2.49. The molecule has 0 fully saturated rings. The number of rotatable bonds is 5. The van der Waals surface area contributed by atoms with Gasteiger partial charge in [0.05, 0.1) is 4.92 Å². The zero-order chi connectivity index (χ0) is 19.6. The Balaban J connectivity index is 1.66. The van der Waals surface area contributed by atoms with Gasteiger partial charge in [0, 0.05) is 27.9 Å². The van der Waals surface area contributed by atoms with Crippen molar-refractivity contribution in [2.24, 2.45) is 0 Å². The van der Waals surface area contributed by atoms with E-state index in [4.69, 9.17) is 4.74 Å². The van der Waals surface area contributed by atoms with Crippen molar-refractivity contribution in [2.45, 2.75) is 13.8 Å². The number of nitro benzene ring substituents is 1. The van der Waals surface area contributed by atoms with E-state index in [0.717, 1.165) is 27.2 Å². The van der Waals surface area contributed by atoms with Gasteiger partial charge in [0.25, 0.3) is 11.6 Å². The number of ether oxygens (including phenoxy) is 1. The standard InChI is InChI=1S/C19H16N2O5S/c1-11-4-3-5-12(2)18(11)20-17(22)10-26-19(23)16-9-13-8-14(21(24)25)6-7-15(13)27-16/h3-9H,10H2,1-2H3,(H,20,22). The number of hydrogen-bond acceptors (Lipinski definition) is 6. The molecule has 1 aromatic heterocycles. The van der Waals surface area contributed by atoms with Crippen molar-refractivity contribution in [3.05, 3.63) is 68.6 Å². The van der Waals surface area contributed by atoms with Gasteiger partial charge in [0.1, 0.15) is 4.88 Å². The number of esters is 1. The molecule has 0 aliphatic rings. The Morgan fingerprint density at radius 2 is 1.85 bits per heavy atom. The summed E-state index contributed by atoms with van der Waals surface area (Å²) < 4.78 is 5.80. The van der Waals surface area contributed by atoms with Crippen molar-refractivity contribution in [1.82, 2.24) is 0 Å². The molecule has 3 rings (SSSR count). The van der Waals surface area contributed by atoms with Crippen LogP contribution >= 0.6 is 11.3 Å². The molecule has 0 unspecified atom stereocenters. The molecule has 0 bridgehead atoms. The highest BCUT2D eigenvalue weighted by atomic mass is 32.1. The fourth-order valence-electron chi connectivity index (χ4n) is 2.63. The lowest BCUT2D eigenvalue weighted by molar-refractivity contribution is -0.384. The molecule has 7 nitrogen and oxygen atoms in total. The van der Waals surface area contributed by atoms with Gasteiger partial charge < -0.3 is 10.1 Å². The van der Waals surface area contributed by atoms with Gasteiger partial charge >= 0.3 is 5.97 Å². The van der Waals surface area contributed by atoms with Crippen LogP contribution in [0.2, 0.25) is 0 Å². The summed E-state index contributed by atoms with van der Waals surface area (Å²) >= 11 is 1.16. The van der Waals surface area contributed by atoms with Crippen molar-refractivity contribution in [2.75, 3.05) is 11.9 Å². The average molecular weight is 384 g/mol. The third-order valence-electron chi connectivity index (χ3n) is 3.99. The van der Waals surface area contributed by atoms with E-state index in [9.17, 15) is 19.7 Å². The predicted octanol–water partition coefficient (Wildman–Crippen LogP) is 4.22. The molecule has 3 aromatic rings. The van der Waals surface area contributed by atoms with Gasteiger partial charge in [-0.15, -0.1) is 11.3 Å². The van der Waals surface area contributed by atoms with Gasteiger partial charge in [0.15, 0.2) is 6.61 Å². The molecule has 0 saturated heterocycles. The zero-order valence-electron chi connectivity index (χ0n) is 14.6. The van der Waals surface area contributed by atoms with Gasteiger partial charge in [-0.25, -0.2) is 4.79 Å². The van der Waals surface area contributed by atoms with E-state index < -0.39 is 23.4 Å². The quantitative estimate of drug-likeness (QED) is 0.403. The van der Waals surface area contributed by atoms with Gasteiger partial charge in [0.2, 0.25) is 0 Å². The number of carbonyl (C=O) groups excluding carboxylic acids is 2. The average Bonchev–Trinajstić information content (AvgIpc) is 3.06. The molecule has 138 valence electrons. The molecule has 0 aliphatic heterocycles. The number of benzene rings is 2. The van der Waals surface area contributed by atoms with Gasteiger partial charge in [-0.2, -0.15) is 0 Å². The molecule has 8 heteroatoms. The number of para-hydroxylation sites is 1. The van der Waals surface area contributed by atoms with E-state index in [-0.39, 0.29) is 10.6 Å². The molecule has 27 heavy (non-hydrogen) atoms. The van der Waals surface area contributed by atoms with Crippen LogP contribution in [-0.4, -0.2) is 23.4 Å². The second kappa shape index (κ2) is 7.55. The fraction of sp³-hybridized carbons (Fsp3) is 0.158. The molecule has 0 aliphatic carbocycles. The molecule has 0 atom stereocenters. The van der Waals surface area contributed by atoms with Gasteiger partial charge in [-0.05, 0) is 37.1 Å². The maximum atomic E-state index is 12.2. The SMILES string of the molecule is Cc1cccc(C)c1NC(=O)COC(=O)c1cc2cc([N+](=O)[O-])ccc2s1. The maximum absolute atomic E-state index is 12.2. The Hall–Kier alpha value is -3.26. The molecule has 1 N–H and O–H groups in total. The van der Waals surface area contributed by atoms with Crippen LogP contribution in [0, 0.1) is 24.0 Å². The van der Waals surface area contributed by atoms with Crippen LogP contribution in [0.3, 0.4) is 0 Å². The molecule has 1 amide bonds. The lowest BCUT2D eigenvalue weighted by atomic mass is 10.1. The van der Waals surface area contributed by atoms with E-state index in [0.29, 0.717) is 11.1 Å². The minimum atomic E-state index is -0.643. The lowest BCUT2D eigenvalue weighted by Gasteiger charge is -2.11. The number of anilines is 1. The first-order valence-corrected chi connectivity index (χ1v) is 8.88. The third kappa shape index (κ3) is 4.12. The number of thiophene rings is 1. The van der Waals surface area contributed by atoms with Crippen molar-refractivity contribution < 1.29 is 19.2 Å². The molecular weight excluding hydrogens is 368 g/mol. The summed E-state index contributed by atoms with van der Waals surface area (Å²) in [6.07, 6.45) is 0. The first-order chi connectivity index (χ1) is 12.8. The van der Waals surface area contributed by atoms with Crippen LogP contribution < -0.4 is 5.32 Å². The normalized spacial score (nSPS) is 10.6. The van der Waals surface area contributed by atoms with Gasteiger partial charge in [-0.3, -0.25) is 14.9 Å². The van der Waals surface area contributed by atoms with Crippen molar-refractivity contribution in [3.63, 3.8) is 0 Å². The Kier molecular flexibility index (Phi) is 5.18. The smallest absolute Gasteiger partial charge is 0.348 e. The van der Waals surface area contributed by atoms with Crippen LogP contribution in [0.5, 0.6) is 0 Å². The van der Waals surface area contributed by atoms with E-state index in [1.54, 1.807) is 6.07 Å². The minimum Gasteiger partial charge on any atom is -0.451 e. The van der Waals surface area contributed by atoms with E-state index in [1.165, 1.54) is 18.2 Å². The fourth-order valence-corrected chi connectivity index (χ4v) is 3.57. The number of nitrogens with zero attached hydrogens (tertiary/aromatic N) is 1. The Bertz CT molecular complexity index is 1040. The highest BCUT2D eigenvalue weighted by Gasteiger charge is 2.16. The highest BCUT2D eigenvalue weighted by Crippen LogP contribution is 2.29. The summed E-state index contributed by atoms with van der Waals surface area (Å²) in [4.78, 5) is 34.9. The highest BCUT2D eigenvalue weighted by molar-refractivity contribution is 7.20. The number of carbonyl (C=O) groups is 2. The monoisotopic (exact) mass is 384 g/mol. The van der Waals surface area contributed by atoms with Gasteiger partial charge in [-0.1, -0.05) is 18.2 Å². The number of hydrogen-bond donors (Lipinski definition) is 1. The van der Waals surface area contributed by atoms with Crippen molar-refractivity contribution >= 4 is 44.7 Å². The van der Waals surface area contributed by atoms with Crippen molar-refractivity contribution in [1.29, 1.82) is 0 Å². The summed E-state index contributed by atoms with van der Waals surface area (Å²) in [7, 11) is 0. The number of amides is 1. The molecule has 1 heterocycles. The Morgan fingerprint density at radius 1 is 1.15 bits per heavy atom. The van der Waals surface area contributed by atoms with Crippen LogP contribution in [0.1, 0.15) is 20.8 Å². The largest absolute Gasteiger partial charge is 0.451 e. The molecule has 0 saturated carbocycles. The third-order valence-corrected chi connectivity index (χ3v) is 5.09. The molecule has 0 spiro atoms. The minimum absolute atomic E-state index is 0.0480. The Morgan fingerprint density at radius 3 is 2.52 bits per heavy atom. The summed E-state index contributed by atoms with van der Waals surface area (Å²) in [6, 6.07) is 11.5. The first kappa shape index (κ1) is 18.5.